The highest BCUT2D eigenvalue weighted by atomic mass is 16.7. The van der Waals surface area contributed by atoms with Crippen molar-refractivity contribution >= 4 is 17.4 Å². The smallest absolute Gasteiger partial charge is 0.341 e. The van der Waals surface area contributed by atoms with Crippen molar-refractivity contribution in [1.29, 1.82) is 0 Å². The van der Waals surface area contributed by atoms with Crippen LogP contribution in [-0.4, -0.2) is 47.1 Å². The predicted molar refractivity (Wildman–Crippen MR) is 142 cm³/mol. The number of aliphatic hydroxyl groups is 1. The van der Waals surface area contributed by atoms with Crippen molar-refractivity contribution in [3.63, 3.8) is 0 Å². The van der Waals surface area contributed by atoms with E-state index in [-0.39, 0.29) is 41.1 Å². The Morgan fingerprint density at radius 2 is 1.89 bits per heavy atom. The molecule has 1 saturated heterocycles. The van der Waals surface area contributed by atoms with Gasteiger partial charge in [0.25, 0.3) is 0 Å². The first-order chi connectivity index (χ1) is 17.7. The number of carbonyl (C=O) groups excluding carboxylic acids is 2. The zero-order chi connectivity index (χ0) is 27.6. The molecule has 1 aliphatic heterocycles. The van der Waals surface area contributed by atoms with Gasteiger partial charge in [-0.05, 0) is 80.1 Å². The molecule has 0 unspecified atom stereocenters. The lowest BCUT2D eigenvalue weighted by molar-refractivity contribution is -0.302. The van der Waals surface area contributed by atoms with E-state index in [9.17, 15) is 14.7 Å². The Hall–Kier alpha value is -2.48. The van der Waals surface area contributed by atoms with Crippen molar-refractivity contribution in [2.45, 2.75) is 78.5 Å². The molecule has 1 spiro atoms. The largest absolute Gasteiger partial charge is 0.451 e. The standard InChI is InChI=1S/C31H39NO6/c1-15-9-8-10-21(32)22(15)27(34)37-25-16(2)13-30-17(3)11-20-23(28(20,4)5)19(24(30)33)12-18-14-36-29(6,7)38-26(18)31(25,30)35/h8-10,12-13,17,19-20,23,25-26,35H,11,14,32H2,1-7H3/t17-,19+,20-,23+,25+,26-,30+,31-/m1/s1. The maximum atomic E-state index is 14.7. The highest BCUT2D eigenvalue weighted by Gasteiger charge is 2.77. The zero-order valence-electron chi connectivity index (χ0n) is 23.3. The van der Waals surface area contributed by atoms with E-state index in [2.05, 4.69) is 20.8 Å². The summed E-state index contributed by atoms with van der Waals surface area (Å²) in [5.74, 6) is -1.64. The van der Waals surface area contributed by atoms with Crippen molar-refractivity contribution in [2.75, 3.05) is 12.3 Å². The molecule has 1 aromatic carbocycles. The Labute approximate surface area is 224 Å². The van der Waals surface area contributed by atoms with E-state index in [1.54, 1.807) is 39.0 Å². The number of rotatable bonds is 2. The number of aryl methyl sites for hydroxylation is 1. The van der Waals surface area contributed by atoms with Crippen LogP contribution in [0.4, 0.5) is 5.69 Å². The lowest BCUT2D eigenvalue weighted by Gasteiger charge is -2.52. The number of benzene rings is 1. The summed E-state index contributed by atoms with van der Waals surface area (Å²) < 4.78 is 18.7. The summed E-state index contributed by atoms with van der Waals surface area (Å²) in [5.41, 5.74) is 5.73. The van der Waals surface area contributed by atoms with Crippen molar-refractivity contribution in [3.05, 3.63) is 52.6 Å². The van der Waals surface area contributed by atoms with E-state index in [0.717, 1.165) is 12.0 Å². The summed E-state index contributed by atoms with van der Waals surface area (Å²) in [6.07, 6.45) is 2.72. The third-order valence-corrected chi connectivity index (χ3v) is 10.4. The Balaban J connectivity index is 1.53. The van der Waals surface area contributed by atoms with Gasteiger partial charge in [-0.3, -0.25) is 4.79 Å². The van der Waals surface area contributed by atoms with Crippen LogP contribution in [0.3, 0.4) is 0 Å². The van der Waals surface area contributed by atoms with Crippen LogP contribution < -0.4 is 5.73 Å². The molecule has 1 heterocycles. The Morgan fingerprint density at radius 3 is 2.58 bits per heavy atom. The number of esters is 1. The van der Waals surface area contributed by atoms with Gasteiger partial charge in [0.1, 0.15) is 6.10 Å². The summed E-state index contributed by atoms with van der Waals surface area (Å²) in [6.45, 7) is 14.0. The maximum Gasteiger partial charge on any atom is 0.341 e. The summed E-state index contributed by atoms with van der Waals surface area (Å²) in [5, 5.41) is 13.1. The van der Waals surface area contributed by atoms with E-state index in [1.807, 2.05) is 19.1 Å². The van der Waals surface area contributed by atoms with Crippen LogP contribution in [0.5, 0.6) is 0 Å². The number of nitrogens with two attached hydrogens (primary N) is 1. The number of ketones is 1. The molecule has 2 saturated carbocycles. The van der Waals surface area contributed by atoms with Gasteiger partial charge in [0.05, 0.1) is 17.6 Å². The number of hydrogen-bond donors (Lipinski definition) is 2. The van der Waals surface area contributed by atoms with E-state index in [0.29, 0.717) is 22.7 Å². The van der Waals surface area contributed by atoms with Crippen molar-refractivity contribution in [3.8, 4) is 0 Å². The van der Waals surface area contributed by atoms with Crippen LogP contribution in [-0.2, 0) is 19.0 Å². The first kappa shape index (κ1) is 25.8. The fourth-order valence-corrected chi connectivity index (χ4v) is 8.44. The first-order valence-corrected chi connectivity index (χ1v) is 13.7. The van der Waals surface area contributed by atoms with Crippen molar-refractivity contribution < 1.29 is 28.9 Å². The SMILES string of the molecule is CC1=C[C@]23C(=O)[C@@H](C=C4COC(C)(C)O[C@H]4[C@]2(O)[C@H]1OC(=O)c1c(C)cccc1N)[C@H]1[C@@H](C[C@H]3C)C1(C)C. The molecule has 4 aliphatic carbocycles. The molecule has 3 fully saturated rings. The Morgan fingerprint density at radius 1 is 1.18 bits per heavy atom. The van der Waals surface area contributed by atoms with Gasteiger partial charge in [-0.25, -0.2) is 4.79 Å². The topological polar surface area (TPSA) is 108 Å². The lowest BCUT2D eigenvalue weighted by atomic mass is 9.59. The van der Waals surface area contributed by atoms with Gasteiger partial charge < -0.3 is 25.1 Å². The highest BCUT2D eigenvalue weighted by molar-refractivity contribution is 5.98. The third-order valence-electron chi connectivity index (χ3n) is 10.4. The van der Waals surface area contributed by atoms with E-state index >= 15 is 0 Å². The second-order valence-corrected chi connectivity index (χ2v) is 13.3. The molecule has 5 aliphatic rings. The fourth-order valence-electron chi connectivity index (χ4n) is 8.44. The zero-order valence-corrected chi connectivity index (χ0v) is 23.3. The average molecular weight is 522 g/mol. The number of anilines is 1. The van der Waals surface area contributed by atoms with Crippen LogP contribution >= 0.6 is 0 Å². The fraction of sp³-hybridized carbons (Fsp3) is 0.613. The number of nitrogen functional groups attached to an aromatic ring is 1. The van der Waals surface area contributed by atoms with Gasteiger partial charge in [-0.2, -0.15) is 0 Å². The number of fused-ring (bicyclic) bond motifs is 5. The molecular weight excluding hydrogens is 482 g/mol. The van der Waals surface area contributed by atoms with Crippen LogP contribution in [0.25, 0.3) is 0 Å². The Kier molecular flexibility index (Phi) is 5.29. The number of allylic oxidation sites excluding steroid dienone is 1. The number of Topliss-reactive ketones (excluding diaryl/α,β-unsaturated/α-hetero) is 1. The molecule has 1 aromatic rings. The second kappa shape index (κ2) is 7.80. The number of ether oxygens (including phenoxy) is 3. The number of hydrogen-bond acceptors (Lipinski definition) is 7. The molecule has 8 atom stereocenters. The van der Waals surface area contributed by atoms with Crippen LogP contribution in [0.2, 0.25) is 0 Å². The predicted octanol–water partition coefficient (Wildman–Crippen LogP) is 4.37. The quantitative estimate of drug-likeness (QED) is 0.338. The molecule has 6 rings (SSSR count). The molecule has 7 nitrogen and oxygen atoms in total. The van der Waals surface area contributed by atoms with E-state index in [4.69, 9.17) is 19.9 Å². The third kappa shape index (κ3) is 3.12. The van der Waals surface area contributed by atoms with Crippen molar-refractivity contribution in [2.24, 2.45) is 34.5 Å². The van der Waals surface area contributed by atoms with E-state index in [1.165, 1.54) is 0 Å². The van der Waals surface area contributed by atoms with Gasteiger partial charge in [0.15, 0.2) is 23.3 Å². The van der Waals surface area contributed by atoms with Crippen LogP contribution in [0, 0.1) is 41.4 Å². The molecule has 38 heavy (non-hydrogen) atoms. The molecule has 0 radical (unpaired) electrons. The molecule has 7 heteroatoms. The Bertz CT molecular complexity index is 1290. The minimum absolute atomic E-state index is 0.0119. The lowest BCUT2D eigenvalue weighted by Crippen LogP contribution is -2.68. The summed E-state index contributed by atoms with van der Waals surface area (Å²) >= 11 is 0. The van der Waals surface area contributed by atoms with Crippen LogP contribution in [0.15, 0.2) is 41.5 Å². The van der Waals surface area contributed by atoms with E-state index < -0.39 is 35.0 Å². The summed E-state index contributed by atoms with van der Waals surface area (Å²) in [4.78, 5) is 28.4. The molecule has 3 N–H and O–H groups in total. The molecular formula is C31H39NO6. The monoisotopic (exact) mass is 521 g/mol. The van der Waals surface area contributed by atoms with Gasteiger partial charge in [-0.15, -0.1) is 0 Å². The highest BCUT2D eigenvalue weighted by Crippen LogP contribution is 2.72. The van der Waals surface area contributed by atoms with Crippen LogP contribution in [0.1, 0.15) is 63.9 Å². The normalized spacial score (nSPS) is 41.9. The summed E-state index contributed by atoms with van der Waals surface area (Å²) in [6, 6.07) is 5.24. The molecule has 0 amide bonds. The average Bonchev–Trinajstić information content (AvgIpc) is 3.31. The molecule has 2 bridgehead atoms. The van der Waals surface area contributed by atoms with Gasteiger partial charge >= 0.3 is 5.97 Å². The minimum atomic E-state index is -1.84. The molecule has 204 valence electrons. The first-order valence-electron chi connectivity index (χ1n) is 13.7. The van der Waals surface area contributed by atoms with Gasteiger partial charge in [-0.1, -0.05) is 45.1 Å². The van der Waals surface area contributed by atoms with Gasteiger partial charge in [0.2, 0.25) is 0 Å². The van der Waals surface area contributed by atoms with Crippen molar-refractivity contribution in [1.82, 2.24) is 0 Å². The van der Waals surface area contributed by atoms with Gasteiger partial charge in [0, 0.05) is 11.6 Å². The maximum absolute atomic E-state index is 14.7. The number of carbonyl (C=O) groups is 2. The molecule has 0 aromatic heterocycles. The second-order valence-electron chi connectivity index (χ2n) is 13.3. The minimum Gasteiger partial charge on any atom is -0.451 e. The summed E-state index contributed by atoms with van der Waals surface area (Å²) in [7, 11) is 0.